The SMILES string of the molecule is Clc1ccc(Cn2cncn2)s1. The summed E-state index contributed by atoms with van der Waals surface area (Å²) < 4.78 is 2.58. The highest BCUT2D eigenvalue weighted by atomic mass is 35.5. The Balaban J connectivity index is 2.14. The van der Waals surface area contributed by atoms with Crippen molar-refractivity contribution in [2.75, 3.05) is 0 Å². The number of hydrogen-bond acceptors (Lipinski definition) is 3. The first-order chi connectivity index (χ1) is 5.84. The van der Waals surface area contributed by atoms with Crippen LogP contribution in [0.2, 0.25) is 4.34 Å². The van der Waals surface area contributed by atoms with Crippen LogP contribution in [0.15, 0.2) is 24.8 Å². The molecule has 2 aromatic rings. The fraction of sp³-hybridized carbons (Fsp3) is 0.143. The molecule has 0 bridgehead atoms. The Hall–Kier alpha value is -0.870. The van der Waals surface area contributed by atoms with Crippen LogP contribution in [0.4, 0.5) is 0 Å². The Morgan fingerprint density at radius 1 is 1.50 bits per heavy atom. The fourth-order valence-electron chi connectivity index (χ4n) is 0.911. The molecule has 0 aliphatic carbocycles. The zero-order valence-corrected chi connectivity index (χ0v) is 7.72. The minimum Gasteiger partial charge on any atom is -0.248 e. The summed E-state index contributed by atoms with van der Waals surface area (Å²) in [6.45, 7) is 0.747. The van der Waals surface area contributed by atoms with E-state index in [1.165, 1.54) is 11.2 Å². The van der Waals surface area contributed by atoms with Crippen molar-refractivity contribution in [3.8, 4) is 0 Å². The Morgan fingerprint density at radius 2 is 2.42 bits per heavy atom. The van der Waals surface area contributed by atoms with Crippen LogP contribution in [-0.4, -0.2) is 14.8 Å². The molecule has 0 saturated heterocycles. The van der Waals surface area contributed by atoms with Crippen LogP contribution in [0, 0.1) is 0 Å². The van der Waals surface area contributed by atoms with Crippen molar-refractivity contribution in [3.05, 3.63) is 34.0 Å². The van der Waals surface area contributed by atoms with Crippen LogP contribution in [0.3, 0.4) is 0 Å². The summed E-state index contributed by atoms with van der Waals surface area (Å²) >= 11 is 7.34. The molecule has 0 atom stereocenters. The predicted molar refractivity (Wildman–Crippen MR) is 48.5 cm³/mol. The molecule has 0 unspecified atom stereocenters. The van der Waals surface area contributed by atoms with E-state index in [9.17, 15) is 0 Å². The highest BCUT2D eigenvalue weighted by Gasteiger charge is 1.98. The number of aromatic nitrogens is 3. The molecule has 5 heteroatoms. The maximum atomic E-state index is 5.77. The minimum absolute atomic E-state index is 0.747. The van der Waals surface area contributed by atoms with Crippen LogP contribution < -0.4 is 0 Å². The van der Waals surface area contributed by atoms with Crippen molar-refractivity contribution < 1.29 is 0 Å². The van der Waals surface area contributed by atoms with Gasteiger partial charge in [-0.05, 0) is 12.1 Å². The molecule has 2 heterocycles. The van der Waals surface area contributed by atoms with Crippen LogP contribution in [0.25, 0.3) is 0 Å². The molecule has 0 aromatic carbocycles. The van der Waals surface area contributed by atoms with E-state index in [0.717, 1.165) is 10.9 Å². The second kappa shape index (κ2) is 3.25. The summed E-state index contributed by atoms with van der Waals surface area (Å²) in [5.41, 5.74) is 0. The molecular formula is C7H6ClN3S. The number of halogens is 1. The molecule has 0 amide bonds. The molecule has 62 valence electrons. The summed E-state index contributed by atoms with van der Waals surface area (Å²) in [6.07, 6.45) is 3.21. The lowest BCUT2D eigenvalue weighted by molar-refractivity contribution is 0.693. The molecule has 0 fully saturated rings. The maximum absolute atomic E-state index is 5.77. The molecule has 0 spiro atoms. The summed E-state index contributed by atoms with van der Waals surface area (Å²) in [4.78, 5) is 5.03. The van der Waals surface area contributed by atoms with E-state index in [4.69, 9.17) is 11.6 Å². The van der Waals surface area contributed by atoms with Crippen molar-refractivity contribution in [1.82, 2.24) is 14.8 Å². The van der Waals surface area contributed by atoms with E-state index in [2.05, 4.69) is 10.1 Å². The molecule has 0 saturated carbocycles. The van der Waals surface area contributed by atoms with Crippen LogP contribution in [-0.2, 0) is 6.54 Å². The van der Waals surface area contributed by atoms with Gasteiger partial charge in [-0.15, -0.1) is 11.3 Å². The van der Waals surface area contributed by atoms with Gasteiger partial charge in [-0.25, -0.2) is 9.67 Å². The predicted octanol–water partition coefficient (Wildman–Crippen LogP) is 2.04. The van der Waals surface area contributed by atoms with Crippen LogP contribution >= 0.6 is 22.9 Å². The first kappa shape index (κ1) is 7.76. The molecule has 2 rings (SSSR count). The summed E-state index contributed by atoms with van der Waals surface area (Å²) in [6, 6.07) is 3.88. The van der Waals surface area contributed by atoms with Gasteiger partial charge in [0, 0.05) is 4.88 Å². The van der Waals surface area contributed by atoms with Gasteiger partial charge < -0.3 is 0 Å². The van der Waals surface area contributed by atoms with E-state index >= 15 is 0 Å². The highest BCUT2D eigenvalue weighted by molar-refractivity contribution is 7.16. The van der Waals surface area contributed by atoms with E-state index < -0.39 is 0 Å². The molecule has 0 aliphatic rings. The van der Waals surface area contributed by atoms with E-state index in [0.29, 0.717) is 0 Å². The molecule has 3 nitrogen and oxygen atoms in total. The number of rotatable bonds is 2. The monoisotopic (exact) mass is 199 g/mol. The van der Waals surface area contributed by atoms with Gasteiger partial charge in [0.05, 0.1) is 10.9 Å². The second-order valence-corrected chi connectivity index (χ2v) is 4.10. The normalized spacial score (nSPS) is 10.4. The van der Waals surface area contributed by atoms with Crippen LogP contribution in [0.1, 0.15) is 4.88 Å². The van der Waals surface area contributed by atoms with Gasteiger partial charge in [-0.3, -0.25) is 0 Å². The largest absolute Gasteiger partial charge is 0.248 e. The average molecular weight is 200 g/mol. The first-order valence-electron chi connectivity index (χ1n) is 3.41. The fourth-order valence-corrected chi connectivity index (χ4v) is 1.99. The van der Waals surface area contributed by atoms with Crippen molar-refractivity contribution in [2.45, 2.75) is 6.54 Å². The third kappa shape index (κ3) is 1.65. The third-order valence-corrected chi connectivity index (χ3v) is 2.63. The quantitative estimate of drug-likeness (QED) is 0.741. The van der Waals surface area contributed by atoms with Gasteiger partial charge in [-0.2, -0.15) is 5.10 Å². The van der Waals surface area contributed by atoms with Gasteiger partial charge in [-0.1, -0.05) is 11.6 Å². The van der Waals surface area contributed by atoms with Crippen molar-refractivity contribution in [1.29, 1.82) is 0 Å². The first-order valence-corrected chi connectivity index (χ1v) is 4.60. The van der Waals surface area contributed by atoms with Gasteiger partial charge >= 0.3 is 0 Å². The summed E-state index contributed by atoms with van der Waals surface area (Å²) in [7, 11) is 0. The molecule has 0 aliphatic heterocycles. The molecule has 12 heavy (non-hydrogen) atoms. The Kier molecular flexibility index (Phi) is 2.10. The van der Waals surface area contributed by atoms with E-state index in [1.807, 2.05) is 12.1 Å². The third-order valence-electron chi connectivity index (χ3n) is 1.41. The smallest absolute Gasteiger partial charge is 0.137 e. The number of thiophene rings is 1. The summed E-state index contributed by atoms with van der Waals surface area (Å²) in [5, 5.41) is 3.99. The lowest BCUT2D eigenvalue weighted by atomic mass is 10.5. The van der Waals surface area contributed by atoms with Gasteiger partial charge in [0.1, 0.15) is 12.7 Å². The maximum Gasteiger partial charge on any atom is 0.137 e. The van der Waals surface area contributed by atoms with Crippen LogP contribution in [0.5, 0.6) is 0 Å². The van der Waals surface area contributed by atoms with Gasteiger partial charge in [0.25, 0.3) is 0 Å². The molecule has 0 radical (unpaired) electrons. The number of nitrogens with zero attached hydrogens (tertiary/aromatic N) is 3. The van der Waals surface area contributed by atoms with Gasteiger partial charge in [0.15, 0.2) is 0 Å². The van der Waals surface area contributed by atoms with E-state index in [1.54, 1.807) is 22.3 Å². The minimum atomic E-state index is 0.747. The molecule has 0 N–H and O–H groups in total. The molecule has 2 aromatic heterocycles. The second-order valence-electron chi connectivity index (χ2n) is 2.30. The number of hydrogen-bond donors (Lipinski definition) is 0. The zero-order chi connectivity index (χ0) is 8.39. The van der Waals surface area contributed by atoms with Crippen molar-refractivity contribution >= 4 is 22.9 Å². The zero-order valence-electron chi connectivity index (χ0n) is 6.14. The highest BCUT2D eigenvalue weighted by Crippen LogP contribution is 2.21. The summed E-state index contributed by atoms with van der Waals surface area (Å²) in [5.74, 6) is 0. The lowest BCUT2D eigenvalue weighted by Gasteiger charge is -1.94. The van der Waals surface area contributed by atoms with Gasteiger partial charge in [0.2, 0.25) is 0 Å². The topological polar surface area (TPSA) is 30.7 Å². The van der Waals surface area contributed by atoms with E-state index in [-0.39, 0.29) is 0 Å². The lowest BCUT2D eigenvalue weighted by Crippen LogP contribution is -1.97. The standard InChI is InChI=1S/C7H6ClN3S/c8-7-2-1-6(12-7)3-11-5-9-4-10-11/h1-2,4-5H,3H2. The Bertz CT molecular complexity index is 354. The molecular weight excluding hydrogens is 194 g/mol. The average Bonchev–Trinajstić information content (AvgIpc) is 2.63. The van der Waals surface area contributed by atoms with Crippen molar-refractivity contribution in [3.63, 3.8) is 0 Å². The Morgan fingerprint density at radius 3 is 3.00 bits per heavy atom. The van der Waals surface area contributed by atoms with Crippen molar-refractivity contribution in [2.24, 2.45) is 0 Å². The Labute approximate surface area is 78.6 Å².